The molecule has 2 rings (SSSR count). The van der Waals surface area contributed by atoms with Gasteiger partial charge in [-0.2, -0.15) is 0 Å². The Morgan fingerprint density at radius 1 is 0.926 bits per heavy atom. The summed E-state index contributed by atoms with van der Waals surface area (Å²) in [6.07, 6.45) is 0.358. The molecule has 0 unspecified atom stereocenters. The van der Waals surface area contributed by atoms with E-state index in [1.807, 2.05) is 32.0 Å². The lowest BCUT2D eigenvalue weighted by Crippen LogP contribution is -2.33. The van der Waals surface area contributed by atoms with Gasteiger partial charge in [0.05, 0.1) is 0 Å². The number of amides is 2. The highest BCUT2D eigenvalue weighted by atomic mass is 32.1. The van der Waals surface area contributed by atoms with Gasteiger partial charge in [0.1, 0.15) is 5.75 Å². The van der Waals surface area contributed by atoms with Gasteiger partial charge in [-0.15, -0.1) is 0 Å². The maximum absolute atomic E-state index is 12.0. The quantitative estimate of drug-likeness (QED) is 0.663. The van der Waals surface area contributed by atoms with E-state index in [1.54, 1.807) is 31.2 Å². The van der Waals surface area contributed by atoms with E-state index in [1.165, 1.54) is 5.56 Å². The lowest BCUT2D eigenvalue weighted by Gasteiger charge is -2.11. The number of carbonyl (C=O) groups excluding carboxylic acids is 2. The second-order valence-electron chi connectivity index (χ2n) is 6.02. The Bertz CT molecular complexity index is 835. The van der Waals surface area contributed by atoms with Crippen LogP contribution in [-0.4, -0.2) is 23.5 Å². The minimum Gasteiger partial charge on any atom is -0.484 e. The molecule has 0 aromatic heterocycles. The first-order chi connectivity index (χ1) is 12.9. The first kappa shape index (κ1) is 20.4. The van der Waals surface area contributed by atoms with Gasteiger partial charge in [0.2, 0.25) is 5.91 Å². The number of rotatable bonds is 6. The number of anilines is 2. The van der Waals surface area contributed by atoms with E-state index in [0.717, 1.165) is 5.56 Å². The number of thiocarbonyl (C=S) groups is 1. The lowest BCUT2D eigenvalue weighted by atomic mass is 10.1. The zero-order valence-electron chi connectivity index (χ0n) is 15.6. The van der Waals surface area contributed by atoms with Crippen LogP contribution in [-0.2, 0) is 9.59 Å². The molecule has 27 heavy (non-hydrogen) atoms. The number of aryl methyl sites for hydroxylation is 2. The molecular weight excluding hydrogens is 362 g/mol. The van der Waals surface area contributed by atoms with Crippen LogP contribution in [0, 0.1) is 13.8 Å². The number of hydrogen-bond donors (Lipinski definition) is 3. The molecule has 0 aliphatic rings. The third-order valence-corrected chi connectivity index (χ3v) is 4.05. The van der Waals surface area contributed by atoms with Gasteiger partial charge in [-0.25, -0.2) is 0 Å². The summed E-state index contributed by atoms with van der Waals surface area (Å²) in [5, 5.41) is 8.47. The van der Waals surface area contributed by atoms with Crippen LogP contribution < -0.4 is 20.7 Å². The summed E-state index contributed by atoms with van der Waals surface area (Å²) in [6, 6.07) is 12.7. The molecule has 0 spiro atoms. The Hall–Kier alpha value is -2.93. The van der Waals surface area contributed by atoms with E-state index < -0.39 is 0 Å². The lowest BCUT2D eigenvalue weighted by molar-refractivity contribution is -0.119. The third kappa shape index (κ3) is 6.71. The maximum atomic E-state index is 12.0. The van der Waals surface area contributed by atoms with Crippen molar-refractivity contribution in [2.75, 3.05) is 17.2 Å². The van der Waals surface area contributed by atoms with Gasteiger partial charge >= 0.3 is 0 Å². The molecule has 0 saturated heterocycles. The summed E-state index contributed by atoms with van der Waals surface area (Å²) in [5.41, 5.74) is 3.64. The van der Waals surface area contributed by atoms with Crippen LogP contribution in [0.3, 0.4) is 0 Å². The van der Waals surface area contributed by atoms with Crippen LogP contribution in [0.25, 0.3) is 0 Å². The molecule has 0 fully saturated rings. The van der Waals surface area contributed by atoms with Crippen molar-refractivity contribution >= 4 is 40.5 Å². The molecule has 6 nitrogen and oxygen atoms in total. The molecule has 0 aliphatic carbocycles. The average Bonchev–Trinajstić information content (AvgIpc) is 2.64. The van der Waals surface area contributed by atoms with Crippen LogP contribution in [0.5, 0.6) is 5.75 Å². The van der Waals surface area contributed by atoms with Crippen LogP contribution in [0.2, 0.25) is 0 Å². The van der Waals surface area contributed by atoms with Crippen molar-refractivity contribution in [3.63, 3.8) is 0 Å². The molecule has 0 heterocycles. The smallest absolute Gasteiger partial charge is 0.262 e. The molecule has 2 amide bonds. The summed E-state index contributed by atoms with van der Waals surface area (Å²) >= 11 is 5.05. The highest BCUT2D eigenvalue weighted by Crippen LogP contribution is 2.17. The van der Waals surface area contributed by atoms with E-state index in [0.29, 0.717) is 23.5 Å². The summed E-state index contributed by atoms with van der Waals surface area (Å²) in [4.78, 5) is 23.3. The van der Waals surface area contributed by atoms with Crippen molar-refractivity contribution in [3.8, 4) is 5.75 Å². The number of carbonyl (C=O) groups is 2. The van der Waals surface area contributed by atoms with E-state index in [9.17, 15) is 9.59 Å². The third-order valence-electron chi connectivity index (χ3n) is 3.85. The zero-order valence-corrected chi connectivity index (χ0v) is 16.4. The van der Waals surface area contributed by atoms with Crippen molar-refractivity contribution in [2.45, 2.75) is 27.2 Å². The molecule has 0 aliphatic heterocycles. The maximum Gasteiger partial charge on any atom is 0.262 e. The molecular formula is C20H23N3O3S. The molecule has 3 N–H and O–H groups in total. The summed E-state index contributed by atoms with van der Waals surface area (Å²) < 4.78 is 5.52. The van der Waals surface area contributed by atoms with Crippen LogP contribution in [0.4, 0.5) is 11.4 Å². The molecule has 0 bridgehead atoms. The SMILES string of the molecule is CCC(=O)NC(=S)Nc1ccc(NC(=O)COc2ccc(C)c(C)c2)cc1. The molecule has 0 radical (unpaired) electrons. The Morgan fingerprint density at radius 3 is 2.15 bits per heavy atom. The fraction of sp³-hybridized carbons (Fsp3) is 0.250. The van der Waals surface area contributed by atoms with Gasteiger partial charge in [-0.05, 0) is 73.6 Å². The normalized spacial score (nSPS) is 10.0. The van der Waals surface area contributed by atoms with Crippen LogP contribution in [0.1, 0.15) is 24.5 Å². The topological polar surface area (TPSA) is 79.5 Å². The van der Waals surface area contributed by atoms with Crippen molar-refractivity contribution in [1.29, 1.82) is 0 Å². The zero-order chi connectivity index (χ0) is 19.8. The second kappa shape index (κ2) is 9.68. The Morgan fingerprint density at radius 2 is 1.56 bits per heavy atom. The van der Waals surface area contributed by atoms with E-state index in [2.05, 4.69) is 16.0 Å². The minimum absolute atomic E-state index is 0.0738. The predicted molar refractivity (Wildman–Crippen MR) is 111 cm³/mol. The summed E-state index contributed by atoms with van der Waals surface area (Å²) in [6.45, 7) is 5.70. The summed E-state index contributed by atoms with van der Waals surface area (Å²) in [5.74, 6) is 0.259. The average molecular weight is 385 g/mol. The van der Waals surface area contributed by atoms with Gasteiger partial charge in [0.25, 0.3) is 5.91 Å². The highest BCUT2D eigenvalue weighted by Gasteiger charge is 2.06. The van der Waals surface area contributed by atoms with Crippen molar-refractivity contribution in [1.82, 2.24) is 5.32 Å². The van der Waals surface area contributed by atoms with E-state index in [4.69, 9.17) is 17.0 Å². The van der Waals surface area contributed by atoms with Crippen LogP contribution >= 0.6 is 12.2 Å². The van der Waals surface area contributed by atoms with Gasteiger partial charge in [-0.3, -0.25) is 9.59 Å². The number of ether oxygens (including phenoxy) is 1. The Kier molecular flexibility index (Phi) is 7.31. The molecule has 0 saturated carbocycles. The first-order valence-corrected chi connectivity index (χ1v) is 8.99. The standard InChI is InChI=1S/C20H23N3O3S/c1-4-18(24)23-20(27)22-16-8-6-15(7-9-16)21-19(25)12-26-17-10-5-13(2)14(3)11-17/h5-11H,4,12H2,1-3H3,(H,21,25)(H2,22,23,24,27). The molecule has 2 aromatic rings. The van der Waals surface area contributed by atoms with Gasteiger partial charge in [-0.1, -0.05) is 13.0 Å². The molecule has 142 valence electrons. The van der Waals surface area contributed by atoms with E-state index >= 15 is 0 Å². The predicted octanol–water partition coefficient (Wildman–Crippen LogP) is 3.54. The van der Waals surface area contributed by atoms with Crippen molar-refractivity contribution < 1.29 is 14.3 Å². The molecule has 2 aromatic carbocycles. The fourth-order valence-electron chi connectivity index (χ4n) is 2.16. The van der Waals surface area contributed by atoms with Gasteiger partial charge in [0, 0.05) is 17.8 Å². The highest BCUT2D eigenvalue weighted by molar-refractivity contribution is 7.80. The number of benzene rings is 2. The largest absolute Gasteiger partial charge is 0.484 e. The van der Waals surface area contributed by atoms with Crippen molar-refractivity contribution in [3.05, 3.63) is 53.6 Å². The minimum atomic E-state index is -0.250. The number of hydrogen-bond acceptors (Lipinski definition) is 4. The Labute approximate surface area is 164 Å². The molecule has 0 atom stereocenters. The number of nitrogens with one attached hydrogen (secondary N) is 3. The Balaban J connectivity index is 1.82. The van der Waals surface area contributed by atoms with Crippen molar-refractivity contribution in [2.24, 2.45) is 0 Å². The van der Waals surface area contributed by atoms with E-state index in [-0.39, 0.29) is 23.5 Å². The molecule has 7 heteroatoms. The van der Waals surface area contributed by atoms with Gasteiger partial charge in [0.15, 0.2) is 11.7 Å². The van der Waals surface area contributed by atoms with Crippen LogP contribution in [0.15, 0.2) is 42.5 Å². The monoisotopic (exact) mass is 385 g/mol. The first-order valence-electron chi connectivity index (χ1n) is 8.58. The second-order valence-corrected chi connectivity index (χ2v) is 6.42. The van der Waals surface area contributed by atoms with Gasteiger partial charge < -0.3 is 20.7 Å². The summed E-state index contributed by atoms with van der Waals surface area (Å²) in [7, 11) is 0. The fourth-order valence-corrected chi connectivity index (χ4v) is 2.40.